The van der Waals surface area contributed by atoms with Crippen LogP contribution in [-0.4, -0.2) is 38.0 Å². The zero-order valence-corrected chi connectivity index (χ0v) is 13.8. The summed E-state index contributed by atoms with van der Waals surface area (Å²) < 4.78 is 31.0. The van der Waals surface area contributed by atoms with E-state index in [1.165, 1.54) is 5.41 Å². The van der Waals surface area contributed by atoms with Crippen LogP contribution in [0.15, 0.2) is 11.1 Å². The average molecular weight is 324 g/mol. The summed E-state index contributed by atoms with van der Waals surface area (Å²) in [6.45, 7) is 6.54. The first kappa shape index (κ1) is 18.9. The van der Waals surface area contributed by atoms with E-state index in [-0.39, 0.29) is 11.7 Å². The highest BCUT2D eigenvalue weighted by Crippen LogP contribution is 2.10. The lowest BCUT2D eigenvalue weighted by atomic mass is 10.2. The minimum Gasteiger partial charge on any atom is -0.444 e. The maximum Gasteiger partial charge on any atom is 0.411 e. The Balaban J connectivity index is 4.20. The monoisotopic (exact) mass is 324 g/mol. The van der Waals surface area contributed by atoms with E-state index < -0.39 is 21.8 Å². The predicted molar refractivity (Wildman–Crippen MR) is 79.2 cm³/mol. The van der Waals surface area contributed by atoms with Crippen LogP contribution < -0.4 is 5.32 Å². The summed E-state index contributed by atoms with van der Waals surface area (Å²) >= 11 is 0.947. The molecule has 0 fully saturated rings. The van der Waals surface area contributed by atoms with E-state index in [9.17, 15) is 13.2 Å². The van der Waals surface area contributed by atoms with Crippen molar-refractivity contribution in [1.82, 2.24) is 5.32 Å². The third kappa shape index (κ3) is 12.0. The number of thioether (sulfide) groups is 1. The van der Waals surface area contributed by atoms with Crippen molar-refractivity contribution in [2.75, 3.05) is 12.9 Å². The van der Waals surface area contributed by atoms with Gasteiger partial charge < -0.3 is 4.74 Å². The Labute approximate surface area is 123 Å². The quantitative estimate of drug-likeness (QED) is 0.455. The van der Waals surface area contributed by atoms with Gasteiger partial charge in [-0.2, -0.15) is 8.42 Å². The number of hydrogen-bond acceptors (Lipinski definition) is 7. The van der Waals surface area contributed by atoms with Crippen LogP contribution in [0.2, 0.25) is 0 Å². The Morgan fingerprint density at radius 3 is 2.40 bits per heavy atom. The molecule has 0 aliphatic heterocycles. The van der Waals surface area contributed by atoms with Gasteiger partial charge in [0.1, 0.15) is 12.2 Å². The first-order chi connectivity index (χ1) is 8.89. The van der Waals surface area contributed by atoms with E-state index in [1.807, 2.05) is 0 Å². The summed E-state index contributed by atoms with van der Waals surface area (Å²) in [6, 6.07) is 0. The van der Waals surface area contributed by atoms with Crippen LogP contribution in [0.3, 0.4) is 0 Å². The number of alkyl carbamates (subject to hydrolysis) is 1. The van der Waals surface area contributed by atoms with Crippen molar-refractivity contribution in [3.63, 3.8) is 0 Å². The molecule has 0 unspecified atom stereocenters. The maximum atomic E-state index is 11.4. The lowest BCUT2D eigenvalue weighted by Gasteiger charge is -2.19. The third-order valence-corrected chi connectivity index (χ3v) is 2.90. The van der Waals surface area contributed by atoms with E-state index in [0.717, 1.165) is 18.0 Å². The Hall–Kier alpha value is -1.06. The second-order valence-corrected chi connectivity index (χ2v) is 7.54. The molecule has 0 aromatic carbocycles. The third-order valence-electron chi connectivity index (χ3n) is 1.48. The summed E-state index contributed by atoms with van der Waals surface area (Å²) in [4.78, 5) is 11.4. The smallest absolute Gasteiger partial charge is 0.411 e. The van der Waals surface area contributed by atoms with Crippen LogP contribution in [-0.2, 0) is 19.0 Å². The molecule has 0 heterocycles. The van der Waals surface area contributed by atoms with E-state index in [1.54, 1.807) is 27.7 Å². The van der Waals surface area contributed by atoms with Crippen LogP contribution in [0.25, 0.3) is 0 Å². The summed E-state index contributed by atoms with van der Waals surface area (Å²) in [5, 5.41) is 11.5. The lowest BCUT2D eigenvalue weighted by Crippen LogP contribution is -2.31. The zero-order valence-electron chi connectivity index (χ0n) is 12.1. The molecule has 7 nitrogen and oxygen atoms in total. The van der Waals surface area contributed by atoms with Crippen molar-refractivity contribution in [3.8, 4) is 0 Å². The van der Waals surface area contributed by atoms with Gasteiger partial charge >= 0.3 is 6.09 Å². The molecule has 0 rings (SSSR count). The van der Waals surface area contributed by atoms with Crippen LogP contribution in [0.4, 0.5) is 4.79 Å². The molecule has 0 atom stereocenters. The number of allylic oxidation sites excluding steroid dienone is 1. The molecule has 0 spiro atoms. The highest BCUT2D eigenvalue weighted by Gasteiger charge is 2.16. The van der Waals surface area contributed by atoms with E-state index in [0.29, 0.717) is 5.70 Å². The number of amides is 1. The maximum absolute atomic E-state index is 11.4. The lowest BCUT2D eigenvalue weighted by molar-refractivity contribution is 0.0546. The van der Waals surface area contributed by atoms with Crippen molar-refractivity contribution in [3.05, 3.63) is 11.1 Å². The Kier molecular flexibility index (Phi) is 7.25. The van der Waals surface area contributed by atoms with Crippen molar-refractivity contribution >= 4 is 33.0 Å². The Bertz CT molecular complexity index is 491. The Morgan fingerprint density at radius 2 is 1.95 bits per heavy atom. The minimum absolute atomic E-state index is 0.000707. The van der Waals surface area contributed by atoms with Gasteiger partial charge in [0.15, 0.2) is 0 Å². The molecule has 0 saturated carbocycles. The van der Waals surface area contributed by atoms with Gasteiger partial charge in [0, 0.05) is 5.70 Å². The zero-order chi connectivity index (χ0) is 16.0. The second kappa shape index (κ2) is 7.65. The van der Waals surface area contributed by atoms with Crippen molar-refractivity contribution in [2.24, 2.45) is 0 Å². The first-order valence-electron chi connectivity index (χ1n) is 5.64. The molecule has 9 heteroatoms. The summed E-state index contributed by atoms with van der Waals surface area (Å²) in [5.74, 6) is 0. The van der Waals surface area contributed by atoms with Crippen LogP contribution >= 0.6 is 11.8 Å². The number of carbonyl (C=O) groups excluding carboxylic acids is 1. The van der Waals surface area contributed by atoms with Gasteiger partial charge in [-0.1, -0.05) is 11.8 Å². The molecular weight excluding hydrogens is 304 g/mol. The van der Waals surface area contributed by atoms with E-state index >= 15 is 0 Å². The fourth-order valence-corrected chi connectivity index (χ4v) is 1.76. The molecule has 0 radical (unpaired) electrons. The molecule has 0 saturated heterocycles. The second-order valence-electron chi connectivity index (χ2n) is 4.94. The summed E-state index contributed by atoms with van der Waals surface area (Å²) in [5.41, 5.74) is -0.110. The van der Waals surface area contributed by atoms with Crippen molar-refractivity contribution < 1.29 is 22.1 Å². The number of rotatable bonds is 5. The molecule has 0 aliphatic rings. The Morgan fingerprint density at radius 1 is 1.40 bits per heavy atom. The average Bonchev–Trinajstić information content (AvgIpc) is 2.19. The van der Waals surface area contributed by atoms with Crippen LogP contribution in [0.1, 0.15) is 27.7 Å². The summed E-state index contributed by atoms with van der Waals surface area (Å²) in [7, 11) is -3.56. The largest absolute Gasteiger partial charge is 0.444 e. The van der Waals surface area contributed by atoms with Crippen molar-refractivity contribution in [2.45, 2.75) is 33.3 Å². The topological polar surface area (TPSA) is 106 Å². The molecule has 2 N–H and O–H groups in total. The number of hydrogen-bond donors (Lipinski definition) is 2. The molecule has 0 bridgehead atoms. The molecule has 0 aliphatic carbocycles. The highest BCUT2D eigenvalue weighted by molar-refractivity contribution is 8.16. The van der Waals surface area contributed by atoms with Gasteiger partial charge in [-0.25, -0.2) is 4.79 Å². The number of ether oxygens (including phenoxy) is 1. The van der Waals surface area contributed by atoms with Crippen LogP contribution in [0.5, 0.6) is 0 Å². The van der Waals surface area contributed by atoms with Gasteiger partial charge in [-0.15, -0.1) is 0 Å². The SMILES string of the molecule is C/C(=C\SC(=N)COS(C)(=O)=O)NC(=O)OC(C)(C)C. The minimum atomic E-state index is -3.56. The van der Waals surface area contributed by atoms with Gasteiger partial charge in [-0.05, 0) is 33.1 Å². The normalized spacial score (nSPS) is 12.9. The summed E-state index contributed by atoms with van der Waals surface area (Å²) in [6.07, 6.45) is 0.321. The van der Waals surface area contributed by atoms with Gasteiger partial charge in [0.05, 0.1) is 11.3 Å². The van der Waals surface area contributed by atoms with E-state index in [4.69, 9.17) is 10.1 Å². The predicted octanol–water partition coefficient (Wildman–Crippen LogP) is 2.06. The highest BCUT2D eigenvalue weighted by atomic mass is 32.2. The first-order valence-corrected chi connectivity index (χ1v) is 8.34. The van der Waals surface area contributed by atoms with Crippen LogP contribution in [0, 0.1) is 5.41 Å². The van der Waals surface area contributed by atoms with Crippen molar-refractivity contribution in [1.29, 1.82) is 5.41 Å². The molecular formula is C11H20N2O5S2. The molecule has 0 aromatic rings. The molecule has 116 valence electrons. The number of carbonyl (C=O) groups is 1. The van der Waals surface area contributed by atoms with E-state index in [2.05, 4.69) is 9.50 Å². The van der Waals surface area contributed by atoms with Gasteiger partial charge in [-0.3, -0.25) is 14.9 Å². The standard InChI is InChI=1S/C11H20N2O5S2/c1-8(13-10(14)18-11(2,3)4)7-19-9(12)6-17-20(5,15)16/h7,12H,6H2,1-5H3,(H,13,14)/b8-7+,12-9?. The van der Waals surface area contributed by atoms with Gasteiger partial charge in [0.2, 0.25) is 0 Å². The molecule has 0 aromatic heterocycles. The van der Waals surface area contributed by atoms with Gasteiger partial charge in [0.25, 0.3) is 10.1 Å². The number of nitrogens with one attached hydrogen (secondary N) is 2. The molecule has 1 amide bonds. The molecule has 20 heavy (non-hydrogen) atoms. The fraction of sp³-hybridized carbons (Fsp3) is 0.636. The fourth-order valence-electron chi connectivity index (χ4n) is 0.848.